The minimum absolute atomic E-state index is 0.0249. The maximum Gasteiger partial charge on any atom is 0.196 e. The highest BCUT2D eigenvalue weighted by Crippen LogP contribution is 2.37. The number of sulfone groups is 1. The Hall–Kier alpha value is -1.57. The molecule has 7 heteroatoms. The van der Waals surface area contributed by atoms with Gasteiger partial charge in [-0.15, -0.1) is 11.3 Å². The molecule has 114 valence electrons. The van der Waals surface area contributed by atoms with Crippen LogP contribution in [0.5, 0.6) is 11.5 Å². The molecule has 0 radical (unpaired) electrons. The van der Waals surface area contributed by atoms with Gasteiger partial charge >= 0.3 is 0 Å². The van der Waals surface area contributed by atoms with E-state index in [1.807, 2.05) is 0 Å². The fourth-order valence-electron chi connectivity index (χ4n) is 2.07. The Morgan fingerprint density at radius 2 is 2.00 bits per heavy atom. The fraction of sp³-hybridized carbons (Fsp3) is 0.286. The van der Waals surface area contributed by atoms with Gasteiger partial charge in [0.2, 0.25) is 0 Å². The Morgan fingerprint density at radius 3 is 2.52 bits per heavy atom. The molecule has 2 N–H and O–H groups in total. The molecule has 0 aliphatic heterocycles. The zero-order valence-corrected chi connectivity index (χ0v) is 13.4. The highest BCUT2D eigenvalue weighted by atomic mass is 32.2. The van der Waals surface area contributed by atoms with E-state index in [4.69, 9.17) is 15.2 Å². The average Bonchev–Trinajstić information content (AvgIpc) is 3.03. The summed E-state index contributed by atoms with van der Waals surface area (Å²) in [6.07, 6.45) is 0. The van der Waals surface area contributed by atoms with Gasteiger partial charge in [0, 0.05) is 18.2 Å². The van der Waals surface area contributed by atoms with Crippen LogP contribution in [0.15, 0.2) is 39.9 Å². The van der Waals surface area contributed by atoms with Crippen molar-refractivity contribution >= 4 is 21.2 Å². The Kier molecular flexibility index (Phi) is 4.87. The van der Waals surface area contributed by atoms with Gasteiger partial charge in [-0.1, -0.05) is 12.1 Å². The van der Waals surface area contributed by atoms with E-state index >= 15 is 0 Å². The van der Waals surface area contributed by atoms with Crippen LogP contribution in [0, 0.1) is 0 Å². The van der Waals surface area contributed by atoms with E-state index in [0.717, 1.165) is 0 Å². The van der Waals surface area contributed by atoms with Crippen molar-refractivity contribution in [1.82, 2.24) is 0 Å². The Labute approximate surface area is 128 Å². The van der Waals surface area contributed by atoms with E-state index in [-0.39, 0.29) is 6.54 Å². The van der Waals surface area contributed by atoms with Crippen LogP contribution in [0.3, 0.4) is 0 Å². The number of methoxy groups -OCH3 is 2. The summed E-state index contributed by atoms with van der Waals surface area (Å²) in [7, 11) is -0.512. The van der Waals surface area contributed by atoms with E-state index in [1.54, 1.807) is 35.7 Å². The molecule has 2 rings (SSSR count). The van der Waals surface area contributed by atoms with E-state index in [1.165, 1.54) is 25.6 Å². The first kappa shape index (κ1) is 15.8. The number of ether oxygens (including phenoxy) is 2. The molecule has 1 aromatic heterocycles. The molecule has 0 amide bonds. The van der Waals surface area contributed by atoms with Gasteiger partial charge in [-0.2, -0.15) is 0 Å². The number of benzene rings is 1. The molecule has 0 spiro atoms. The van der Waals surface area contributed by atoms with Gasteiger partial charge in [-0.05, 0) is 17.5 Å². The number of hydrogen-bond acceptors (Lipinski definition) is 6. The topological polar surface area (TPSA) is 78.6 Å². The molecule has 0 fully saturated rings. The predicted molar refractivity (Wildman–Crippen MR) is 82.8 cm³/mol. The van der Waals surface area contributed by atoms with Crippen LogP contribution >= 0.6 is 11.3 Å². The quantitative estimate of drug-likeness (QED) is 0.880. The summed E-state index contributed by atoms with van der Waals surface area (Å²) in [4.78, 5) is 0. The maximum absolute atomic E-state index is 12.7. The van der Waals surface area contributed by atoms with Crippen LogP contribution in [0.25, 0.3) is 0 Å². The molecule has 1 atom stereocenters. The summed E-state index contributed by atoms with van der Waals surface area (Å²) in [5.41, 5.74) is 6.27. The monoisotopic (exact) mass is 327 g/mol. The first-order valence-electron chi connectivity index (χ1n) is 6.24. The lowest BCUT2D eigenvalue weighted by molar-refractivity contribution is 0.390. The average molecular weight is 327 g/mol. The third kappa shape index (κ3) is 3.04. The predicted octanol–water partition coefficient (Wildman–Crippen LogP) is 2.24. The highest BCUT2D eigenvalue weighted by Gasteiger charge is 2.31. The SMILES string of the molecule is COc1ccc([C@H](CN)S(=O)(=O)c2cccs2)c(OC)c1. The molecule has 5 nitrogen and oxygen atoms in total. The second-order valence-corrected chi connectivity index (χ2v) is 7.61. The van der Waals surface area contributed by atoms with Crippen molar-refractivity contribution < 1.29 is 17.9 Å². The zero-order chi connectivity index (χ0) is 15.5. The van der Waals surface area contributed by atoms with Crippen LogP contribution in [0.2, 0.25) is 0 Å². The van der Waals surface area contributed by atoms with Crippen LogP contribution < -0.4 is 15.2 Å². The first-order valence-corrected chi connectivity index (χ1v) is 8.66. The van der Waals surface area contributed by atoms with E-state index in [2.05, 4.69) is 0 Å². The maximum atomic E-state index is 12.7. The molecule has 0 aliphatic carbocycles. The summed E-state index contributed by atoms with van der Waals surface area (Å²) in [6.45, 7) is -0.0249. The van der Waals surface area contributed by atoms with Crippen LogP contribution in [0.4, 0.5) is 0 Å². The summed E-state index contributed by atoms with van der Waals surface area (Å²) in [6, 6.07) is 8.32. The standard InChI is InChI=1S/C14H17NO4S2/c1-18-10-5-6-11(12(8-10)19-2)13(9-15)21(16,17)14-4-3-7-20-14/h3-8,13H,9,15H2,1-2H3/t13-/m0/s1. The van der Waals surface area contributed by atoms with Gasteiger partial charge in [0.1, 0.15) is 21.0 Å². The summed E-state index contributed by atoms with van der Waals surface area (Å²) < 4.78 is 36.1. The Balaban J connectivity index is 2.52. The van der Waals surface area contributed by atoms with Crippen LogP contribution in [-0.4, -0.2) is 29.2 Å². The van der Waals surface area contributed by atoms with Gasteiger partial charge in [-0.25, -0.2) is 8.42 Å². The summed E-state index contributed by atoms with van der Waals surface area (Å²) in [5.74, 6) is 1.05. The van der Waals surface area contributed by atoms with Gasteiger partial charge < -0.3 is 15.2 Å². The minimum atomic E-state index is -3.54. The zero-order valence-electron chi connectivity index (χ0n) is 11.8. The van der Waals surface area contributed by atoms with Gasteiger partial charge in [0.25, 0.3) is 0 Å². The van der Waals surface area contributed by atoms with E-state index < -0.39 is 15.1 Å². The fourth-order valence-corrected chi connectivity index (χ4v) is 4.90. The van der Waals surface area contributed by atoms with Crippen molar-refractivity contribution in [3.8, 4) is 11.5 Å². The number of hydrogen-bond donors (Lipinski definition) is 1. The molecule has 0 saturated heterocycles. The number of thiophene rings is 1. The molecule has 2 aromatic rings. The summed E-state index contributed by atoms with van der Waals surface area (Å²) in [5, 5.41) is 0.878. The Morgan fingerprint density at radius 1 is 1.24 bits per heavy atom. The Bertz CT molecular complexity index is 696. The second-order valence-electron chi connectivity index (χ2n) is 4.31. The third-order valence-corrected chi connectivity index (χ3v) is 6.69. The lowest BCUT2D eigenvalue weighted by atomic mass is 10.1. The second kappa shape index (κ2) is 6.46. The highest BCUT2D eigenvalue weighted by molar-refractivity contribution is 7.93. The van der Waals surface area contributed by atoms with Crippen molar-refractivity contribution in [3.05, 3.63) is 41.3 Å². The third-order valence-electron chi connectivity index (χ3n) is 3.15. The largest absolute Gasteiger partial charge is 0.497 e. The molecule has 0 aliphatic rings. The molecule has 21 heavy (non-hydrogen) atoms. The van der Waals surface area contributed by atoms with Crippen molar-refractivity contribution in [3.63, 3.8) is 0 Å². The molecule has 1 heterocycles. The minimum Gasteiger partial charge on any atom is -0.497 e. The van der Waals surface area contributed by atoms with Crippen LogP contribution in [0.1, 0.15) is 10.8 Å². The number of rotatable bonds is 6. The molecule has 1 aromatic carbocycles. The van der Waals surface area contributed by atoms with E-state index in [9.17, 15) is 8.42 Å². The van der Waals surface area contributed by atoms with Crippen molar-refractivity contribution in [2.75, 3.05) is 20.8 Å². The van der Waals surface area contributed by atoms with Crippen molar-refractivity contribution in [2.45, 2.75) is 9.46 Å². The van der Waals surface area contributed by atoms with Crippen molar-refractivity contribution in [1.29, 1.82) is 0 Å². The van der Waals surface area contributed by atoms with E-state index in [0.29, 0.717) is 21.3 Å². The molecular formula is C14H17NO4S2. The van der Waals surface area contributed by atoms with Crippen molar-refractivity contribution in [2.24, 2.45) is 5.73 Å². The van der Waals surface area contributed by atoms with Gasteiger partial charge in [0.05, 0.1) is 14.2 Å². The molecule has 0 bridgehead atoms. The summed E-state index contributed by atoms with van der Waals surface area (Å²) >= 11 is 1.18. The smallest absolute Gasteiger partial charge is 0.196 e. The lowest BCUT2D eigenvalue weighted by Crippen LogP contribution is -2.22. The normalized spacial score (nSPS) is 12.9. The molecule has 0 unspecified atom stereocenters. The number of nitrogens with two attached hydrogens (primary N) is 1. The molecule has 0 saturated carbocycles. The first-order chi connectivity index (χ1) is 10.0. The van der Waals surface area contributed by atoms with Crippen LogP contribution in [-0.2, 0) is 9.84 Å². The van der Waals surface area contributed by atoms with Gasteiger partial charge in [-0.3, -0.25) is 0 Å². The molecular weight excluding hydrogens is 310 g/mol. The van der Waals surface area contributed by atoms with Gasteiger partial charge in [0.15, 0.2) is 9.84 Å². The lowest BCUT2D eigenvalue weighted by Gasteiger charge is -2.18.